The van der Waals surface area contributed by atoms with E-state index in [1.807, 2.05) is 0 Å². The highest BCUT2D eigenvalue weighted by atomic mass is 127. The monoisotopic (exact) mass is 450 g/mol. The number of nitrogens with two attached hydrogens (primary N) is 1. The van der Waals surface area contributed by atoms with Crippen LogP contribution in [0.1, 0.15) is 62.3 Å². The molecule has 1 amide bonds. The first-order chi connectivity index (χ1) is 11.0. The van der Waals surface area contributed by atoms with Gasteiger partial charge in [0.15, 0.2) is 11.7 Å². The Kier molecular flexibility index (Phi) is 12.4. The molecule has 1 rings (SSSR count). The zero-order valence-electron chi connectivity index (χ0n) is 14.9. The van der Waals surface area contributed by atoms with Gasteiger partial charge in [-0.1, -0.05) is 39.5 Å². The fourth-order valence-electron chi connectivity index (χ4n) is 2.23. The molecule has 6 nitrogen and oxygen atoms in total. The summed E-state index contributed by atoms with van der Waals surface area (Å²) in [5.74, 6) is 1.79. The lowest BCUT2D eigenvalue weighted by atomic mass is 10.0. The highest BCUT2D eigenvalue weighted by molar-refractivity contribution is 14.0. The van der Waals surface area contributed by atoms with Crippen LogP contribution >= 0.6 is 24.0 Å². The van der Waals surface area contributed by atoms with Crippen molar-refractivity contribution in [2.45, 2.75) is 52.5 Å². The molecule has 0 radical (unpaired) electrons. The van der Waals surface area contributed by atoms with Crippen LogP contribution in [0.25, 0.3) is 0 Å². The van der Waals surface area contributed by atoms with Crippen LogP contribution in [0.15, 0.2) is 21.5 Å². The Morgan fingerprint density at radius 1 is 1.21 bits per heavy atom. The van der Waals surface area contributed by atoms with E-state index in [4.69, 9.17) is 10.2 Å². The van der Waals surface area contributed by atoms with Crippen LogP contribution in [0.5, 0.6) is 0 Å². The van der Waals surface area contributed by atoms with E-state index in [9.17, 15) is 4.79 Å². The summed E-state index contributed by atoms with van der Waals surface area (Å²) in [6.45, 7) is 5.89. The third-order valence-electron chi connectivity index (χ3n) is 3.56. The summed E-state index contributed by atoms with van der Waals surface area (Å²) in [6, 6.07) is 3.31. The Labute approximate surface area is 162 Å². The first kappa shape index (κ1) is 22.8. The van der Waals surface area contributed by atoms with Crippen molar-refractivity contribution < 1.29 is 9.21 Å². The minimum Gasteiger partial charge on any atom is -0.454 e. The molecule has 0 saturated heterocycles. The maximum atomic E-state index is 11.0. The second-order valence-electron chi connectivity index (χ2n) is 6.08. The minimum atomic E-state index is -0.559. The standard InChI is InChI=1S/C17H30N4O2.HI/c1-13(2)8-6-4-5-7-11-20-17(19-3)21-12-14-9-10-15(23-14)16(18)22;/h9-10,13H,4-8,11-12H2,1-3H3,(H2,18,22)(H2,19,20,21);1H. The van der Waals surface area contributed by atoms with Crippen molar-refractivity contribution >= 4 is 35.8 Å². The lowest BCUT2D eigenvalue weighted by Gasteiger charge is -2.11. The molecule has 4 N–H and O–H groups in total. The predicted octanol–water partition coefficient (Wildman–Crippen LogP) is 3.27. The summed E-state index contributed by atoms with van der Waals surface area (Å²) in [4.78, 5) is 15.1. The Bertz CT molecular complexity index is 501. The van der Waals surface area contributed by atoms with Crippen LogP contribution in [0.2, 0.25) is 0 Å². The fraction of sp³-hybridized carbons (Fsp3) is 0.647. The van der Waals surface area contributed by atoms with E-state index in [1.165, 1.54) is 25.7 Å². The van der Waals surface area contributed by atoms with Gasteiger partial charge in [-0.25, -0.2) is 0 Å². The molecule has 7 heteroatoms. The molecule has 0 saturated carbocycles. The number of nitrogens with one attached hydrogen (secondary N) is 2. The van der Waals surface area contributed by atoms with Crippen LogP contribution in [0.4, 0.5) is 0 Å². The molecule has 0 unspecified atom stereocenters. The zero-order valence-corrected chi connectivity index (χ0v) is 17.3. The SMILES string of the molecule is CN=C(NCCCCCCC(C)C)NCc1ccc(C(N)=O)o1.I. The lowest BCUT2D eigenvalue weighted by Crippen LogP contribution is -2.37. The van der Waals surface area contributed by atoms with Gasteiger partial charge in [0, 0.05) is 13.6 Å². The van der Waals surface area contributed by atoms with Crippen molar-refractivity contribution in [3.63, 3.8) is 0 Å². The van der Waals surface area contributed by atoms with Crippen molar-refractivity contribution in [3.8, 4) is 0 Å². The van der Waals surface area contributed by atoms with E-state index in [0.29, 0.717) is 12.3 Å². The van der Waals surface area contributed by atoms with Gasteiger partial charge < -0.3 is 20.8 Å². The maximum absolute atomic E-state index is 11.0. The summed E-state index contributed by atoms with van der Waals surface area (Å²) in [6.07, 6.45) is 6.27. The van der Waals surface area contributed by atoms with Crippen LogP contribution in [-0.4, -0.2) is 25.5 Å². The van der Waals surface area contributed by atoms with Crippen LogP contribution in [0, 0.1) is 5.92 Å². The average molecular weight is 450 g/mol. The summed E-state index contributed by atoms with van der Waals surface area (Å²) in [7, 11) is 1.73. The number of furan rings is 1. The molecule has 1 heterocycles. The smallest absolute Gasteiger partial charge is 0.284 e. The number of carbonyl (C=O) groups is 1. The highest BCUT2D eigenvalue weighted by Gasteiger charge is 2.07. The summed E-state index contributed by atoms with van der Waals surface area (Å²) >= 11 is 0. The van der Waals surface area contributed by atoms with E-state index in [2.05, 4.69) is 29.5 Å². The highest BCUT2D eigenvalue weighted by Crippen LogP contribution is 2.09. The number of hydrogen-bond donors (Lipinski definition) is 3. The molecular formula is C17H31IN4O2. The van der Waals surface area contributed by atoms with E-state index in [0.717, 1.165) is 24.8 Å². The molecule has 1 aromatic heterocycles. The number of amides is 1. The van der Waals surface area contributed by atoms with Crippen molar-refractivity contribution in [2.24, 2.45) is 16.6 Å². The third kappa shape index (κ3) is 9.79. The number of guanidine groups is 1. The lowest BCUT2D eigenvalue weighted by molar-refractivity contribution is 0.0972. The number of halogens is 1. The van der Waals surface area contributed by atoms with Crippen molar-refractivity contribution in [1.29, 1.82) is 0 Å². The molecule has 1 aromatic rings. The fourth-order valence-corrected chi connectivity index (χ4v) is 2.23. The average Bonchev–Trinajstić information content (AvgIpc) is 2.98. The van der Waals surface area contributed by atoms with Crippen molar-refractivity contribution in [2.75, 3.05) is 13.6 Å². The van der Waals surface area contributed by atoms with E-state index >= 15 is 0 Å². The molecule has 0 aliphatic rings. The zero-order chi connectivity index (χ0) is 17.1. The van der Waals surface area contributed by atoms with Gasteiger partial charge in [-0.3, -0.25) is 9.79 Å². The van der Waals surface area contributed by atoms with Gasteiger partial charge in [-0.15, -0.1) is 24.0 Å². The number of hydrogen-bond acceptors (Lipinski definition) is 3. The molecule has 0 atom stereocenters. The molecule has 24 heavy (non-hydrogen) atoms. The summed E-state index contributed by atoms with van der Waals surface area (Å²) in [5, 5.41) is 6.42. The third-order valence-corrected chi connectivity index (χ3v) is 3.56. The molecule has 0 aromatic carbocycles. The maximum Gasteiger partial charge on any atom is 0.284 e. The molecule has 0 aliphatic heterocycles. The molecule has 0 aliphatic carbocycles. The quantitative estimate of drug-likeness (QED) is 0.221. The molecule has 0 spiro atoms. The van der Waals surface area contributed by atoms with Gasteiger partial charge in [0.2, 0.25) is 0 Å². The number of rotatable bonds is 10. The molecule has 138 valence electrons. The summed E-state index contributed by atoms with van der Waals surface area (Å²) < 4.78 is 5.31. The number of carbonyl (C=O) groups excluding carboxylic acids is 1. The number of primary amides is 1. The molecule has 0 fully saturated rings. The second kappa shape index (κ2) is 13.1. The Balaban J connectivity index is 0.00000529. The van der Waals surface area contributed by atoms with E-state index in [-0.39, 0.29) is 29.7 Å². The largest absolute Gasteiger partial charge is 0.454 e. The van der Waals surface area contributed by atoms with Gasteiger partial charge in [0.1, 0.15) is 5.76 Å². The Morgan fingerprint density at radius 3 is 2.50 bits per heavy atom. The Morgan fingerprint density at radius 2 is 1.92 bits per heavy atom. The van der Waals surface area contributed by atoms with Gasteiger partial charge in [-0.2, -0.15) is 0 Å². The normalized spacial score (nSPS) is 11.2. The van der Waals surface area contributed by atoms with Gasteiger partial charge in [0.05, 0.1) is 6.54 Å². The number of unbranched alkanes of at least 4 members (excludes halogenated alkanes) is 3. The first-order valence-electron chi connectivity index (χ1n) is 8.36. The first-order valence-corrected chi connectivity index (χ1v) is 8.36. The van der Waals surface area contributed by atoms with Crippen molar-refractivity contribution in [3.05, 3.63) is 23.7 Å². The second-order valence-corrected chi connectivity index (χ2v) is 6.08. The number of nitrogens with zero attached hydrogens (tertiary/aromatic N) is 1. The van der Waals surface area contributed by atoms with Crippen LogP contribution in [0.3, 0.4) is 0 Å². The van der Waals surface area contributed by atoms with Gasteiger partial charge in [0.25, 0.3) is 5.91 Å². The Hall–Kier alpha value is -1.25. The van der Waals surface area contributed by atoms with Crippen LogP contribution < -0.4 is 16.4 Å². The topological polar surface area (TPSA) is 92.6 Å². The summed E-state index contributed by atoms with van der Waals surface area (Å²) in [5.41, 5.74) is 5.15. The predicted molar refractivity (Wildman–Crippen MR) is 109 cm³/mol. The molecule has 0 bridgehead atoms. The molecular weight excluding hydrogens is 419 g/mol. The van der Waals surface area contributed by atoms with Gasteiger partial charge in [-0.05, 0) is 24.5 Å². The van der Waals surface area contributed by atoms with Gasteiger partial charge >= 0.3 is 0 Å². The minimum absolute atomic E-state index is 0. The van der Waals surface area contributed by atoms with E-state index < -0.39 is 5.91 Å². The number of aliphatic imine (C=N–C) groups is 1. The van der Waals surface area contributed by atoms with Crippen molar-refractivity contribution in [1.82, 2.24) is 10.6 Å². The van der Waals surface area contributed by atoms with Crippen LogP contribution in [-0.2, 0) is 6.54 Å². The van der Waals surface area contributed by atoms with E-state index in [1.54, 1.807) is 19.2 Å².